The first kappa shape index (κ1) is 79.8. The van der Waals surface area contributed by atoms with E-state index in [2.05, 4.69) is 93.7 Å². The van der Waals surface area contributed by atoms with Crippen LogP contribution < -0.4 is 0 Å². The van der Waals surface area contributed by atoms with E-state index in [0.29, 0.717) is 19.3 Å². The van der Waals surface area contributed by atoms with Crippen molar-refractivity contribution in [1.82, 2.24) is 0 Å². The molecule has 0 aromatic heterocycles. The summed E-state index contributed by atoms with van der Waals surface area (Å²) in [7, 11) is 0. The summed E-state index contributed by atoms with van der Waals surface area (Å²) < 4.78 is 17.0. The van der Waals surface area contributed by atoms with Gasteiger partial charge in [-0.2, -0.15) is 0 Å². The summed E-state index contributed by atoms with van der Waals surface area (Å²) >= 11 is 0. The first-order chi connectivity index (χ1) is 41.0. The Morgan fingerprint density at radius 3 is 0.747 bits per heavy atom. The van der Waals surface area contributed by atoms with E-state index in [9.17, 15) is 14.4 Å². The van der Waals surface area contributed by atoms with Gasteiger partial charge in [0.2, 0.25) is 0 Å². The largest absolute Gasteiger partial charge is 0.462 e. The van der Waals surface area contributed by atoms with E-state index in [0.717, 1.165) is 103 Å². The highest BCUT2D eigenvalue weighted by atomic mass is 16.6. The molecule has 0 aromatic rings. The Morgan fingerprint density at radius 1 is 0.253 bits per heavy atom. The van der Waals surface area contributed by atoms with Gasteiger partial charge in [-0.05, 0) is 89.9 Å². The fourth-order valence-corrected chi connectivity index (χ4v) is 10.8. The predicted molar refractivity (Wildman–Crippen MR) is 362 cm³/mol. The van der Waals surface area contributed by atoms with Crippen LogP contribution in [0.25, 0.3) is 0 Å². The maximum Gasteiger partial charge on any atom is 0.306 e. The molecular weight excluding hydrogens is 1020 g/mol. The second kappa shape index (κ2) is 71.3. The van der Waals surface area contributed by atoms with Crippen LogP contribution in [-0.2, 0) is 28.6 Å². The number of hydrogen-bond donors (Lipinski definition) is 0. The average molecular weight is 1160 g/mol. The molecule has 0 heterocycles. The Hall–Kier alpha value is -3.15. The van der Waals surface area contributed by atoms with Crippen molar-refractivity contribution in [1.29, 1.82) is 0 Å². The summed E-state index contributed by atoms with van der Waals surface area (Å²) in [5.74, 6) is -0.903. The van der Waals surface area contributed by atoms with Gasteiger partial charge >= 0.3 is 17.9 Å². The molecule has 1 atom stereocenters. The van der Waals surface area contributed by atoms with Crippen LogP contribution in [-0.4, -0.2) is 37.2 Å². The molecule has 83 heavy (non-hydrogen) atoms. The molecule has 0 aliphatic heterocycles. The molecule has 0 fully saturated rings. The fourth-order valence-electron chi connectivity index (χ4n) is 10.8. The second-order valence-electron chi connectivity index (χ2n) is 24.5. The van der Waals surface area contributed by atoms with Crippen LogP contribution >= 0.6 is 0 Å². The first-order valence-electron chi connectivity index (χ1n) is 36.4. The summed E-state index contributed by atoms with van der Waals surface area (Å²) in [6, 6.07) is 0. The van der Waals surface area contributed by atoms with Gasteiger partial charge in [0.1, 0.15) is 13.2 Å². The highest BCUT2D eigenvalue weighted by molar-refractivity contribution is 5.71. The Morgan fingerprint density at radius 2 is 0.470 bits per heavy atom. The van der Waals surface area contributed by atoms with Crippen molar-refractivity contribution in [2.75, 3.05) is 13.2 Å². The molecule has 0 spiro atoms. The molecule has 0 rings (SSSR count). The maximum atomic E-state index is 13.0. The lowest BCUT2D eigenvalue weighted by molar-refractivity contribution is -0.167. The minimum Gasteiger partial charge on any atom is -0.462 e. The Balaban J connectivity index is 4.23. The lowest BCUT2D eigenvalue weighted by atomic mass is 10.0. The average Bonchev–Trinajstić information content (AvgIpc) is 3.49. The van der Waals surface area contributed by atoms with Crippen molar-refractivity contribution in [3.05, 3.63) is 72.9 Å². The van der Waals surface area contributed by atoms with Gasteiger partial charge in [-0.1, -0.05) is 344 Å². The molecule has 0 bridgehead atoms. The topological polar surface area (TPSA) is 78.9 Å². The van der Waals surface area contributed by atoms with Crippen molar-refractivity contribution in [2.45, 2.75) is 386 Å². The zero-order chi connectivity index (χ0) is 59.9. The first-order valence-corrected chi connectivity index (χ1v) is 36.4. The summed E-state index contributed by atoms with van der Waals surface area (Å²) in [6.07, 6.45) is 93.8. The number of unbranched alkanes of at least 4 members (excludes halogenated alkanes) is 44. The van der Waals surface area contributed by atoms with Crippen LogP contribution in [0.1, 0.15) is 380 Å². The normalized spacial score (nSPS) is 12.5. The van der Waals surface area contributed by atoms with Gasteiger partial charge in [0.05, 0.1) is 0 Å². The van der Waals surface area contributed by atoms with Gasteiger partial charge in [0.25, 0.3) is 0 Å². The molecule has 6 nitrogen and oxygen atoms in total. The Labute approximate surface area is 516 Å². The number of carbonyl (C=O) groups excluding carboxylic acids is 3. The van der Waals surface area contributed by atoms with E-state index in [1.54, 1.807) is 0 Å². The quantitative estimate of drug-likeness (QED) is 0.0261. The molecule has 0 aromatic carbocycles. The summed E-state index contributed by atoms with van der Waals surface area (Å²) in [4.78, 5) is 38.4. The van der Waals surface area contributed by atoms with E-state index >= 15 is 0 Å². The van der Waals surface area contributed by atoms with Crippen LogP contribution in [0.5, 0.6) is 0 Å². The standard InChI is InChI=1S/C77H138O6/c1-4-7-10-13-16-19-22-25-27-29-31-33-35-36-37-38-39-40-42-43-45-47-49-52-55-58-61-64-67-70-76(79)82-73-74(72-81-75(78)69-66-63-60-57-54-51-24-21-18-15-12-9-6-3)83-77(80)71-68-65-62-59-56-53-50-48-46-44-41-34-32-30-28-26-23-20-17-14-11-8-5-2/h9,12,18,21,23,26,30,32,41,44,51,54,74H,4-8,10-11,13-17,19-20,22,24-25,27-29,31,33-40,42-43,45-50,52-53,55-73H2,1-3H3/b12-9-,21-18-,26-23-,32-30-,44-41-,54-51-. The highest BCUT2D eigenvalue weighted by Gasteiger charge is 2.19. The number of carbonyl (C=O) groups is 3. The van der Waals surface area contributed by atoms with Crippen LogP contribution in [0.15, 0.2) is 72.9 Å². The van der Waals surface area contributed by atoms with Crippen LogP contribution in [0.2, 0.25) is 0 Å². The van der Waals surface area contributed by atoms with E-state index in [-0.39, 0.29) is 31.1 Å². The Bertz CT molecular complexity index is 1520. The summed E-state index contributed by atoms with van der Waals surface area (Å²) in [5, 5.41) is 0. The van der Waals surface area contributed by atoms with Crippen LogP contribution in [0.3, 0.4) is 0 Å². The molecule has 0 radical (unpaired) electrons. The van der Waals surface area contributed by atoms with Crippen molar-refractivity contribution < 1.29 is 28.6 Å². The lowest BCUT2D eigenvalue weighted by Crippen LogP contribution is -2.30. The second-order valence-corrected chi connectivity index (χ2v) is 24.5. The molecule has 0 amide bonds. The zero-order valence-corrected chi connectivity index (χ0v) is 55.5. The minimum atomic E-state index is -0.793. The zero-order valence-electron chi connectivity index (χ0n) is 55.5. The van der Waals surface area contributed by atoms with Crippen LogP contribution in [0.4, 0.5) is 0 Å². The molecule has 0 N–H and O–H groups in total. The third kappa shape index (κ3) is 69.5. The van der Waals surface area contributed by atoms with Gasteiger partial charge in [-0.15, -0.1) is 0 Å². The third-order valence-electron chi connectivity index (χ3n) is 16.2. The van der Waals surface area contributed by atoms with E-state index in [1.807, 2.05) is 0 Å². The lowest BCUT2D eigenvalue weighted by Gasteiger charge is -2.18. The number of esters is 3. The molecule has 0 saturated carbocycles. The summed E-state index contributed by atoms with van der Waals surface area (Å²) in [5.41, 5.74) is 0. The monoisotopic (exact) mass is 1160 g/mol. The Kier molecular flexibility index (Phi) is 68.6. The number of hydrogen-bond acceptors (Lipinski definition) is 6. The molecule has 0 aliphatic carbocycles. The smallest absolute Gasteiger partial charge is 0.306 e. The van der Waals surface area contributed by atoms with Gasteiger partial charge in [-0.25, -0.2) is 0 Å². The van der Waals surface area contributed by atoms with Crippen molar-refractivity contribution in [3.8, 4) is 0 Å². The molecular formula is C77H138O6. The third-order valence-corrected chi connectivity index (χ3v) is 16.2. The molecule has 482 valence electrons. The number of rotatable bonds is 67. The van der Waals surface area contributed by atoms with E-state index < -0.39 is 6.10 Å². The van der Waals surface area contributed by atoms with Crippen LogP contribution in [0, 0.1) is 0 Å². The fraction of sp³-hybridized carbons (Fsp3) is 0.805. The van der Waals surface area contributed by atoms with Gasteiger partial charge in [-0.3, -0.25) is 14.4 Å². The van der Waals surface area contributed by atoms with E-state index in [4.69, 9.17) is 14.2 Å². The predicted octanol–water partition coefficient (Wildman–Crippen LogP) is 25.2. The highest BCUT2D eigenvalue weighted by Crippen LogP contribution is 2.18. The van der Waals surface area contributed by atoms with Gasteiger partial charge in [0.15, 0.2) is 6.10 Å². The summed E-state index contributed by atoms with van der Waals surface area (Å²) in [6.45, 7) is 6.54. The SMILES string of the molecule is CC/C=C\C/C=C\C/C=C\CCCCCC(=O)OCC(COC(=O)CCCCCCCCCCCCCCCCCCCCCCCCCCCCCCC)OC(=O)CCCCCCCCCC/C=C\C/C=C\C/C=C\CCCCCCC. The van der Waals surface area contributed by atoms with Crippen molar-refractivity contribution in [3.63, 3.8) is 0 Å². The minimum absolute atomic E-state index is 0.0849. The number of ether oxygens (including phenoxy) is 3. The molecule has 1 unspecified atom stereocenters. The van der Waals surface area contributed by atoms with Gasteiger partial charge in [0, 0.05) is 19.3 Å². The molecule has 0 aliphatic rings. The molecule has 0 saturated heterocycles. The van der Waals surface area contributed by atoms with E-state index in [1.165, 1.54) is 238 Å². The number of allylic oxidation sites excluding steroid dienone is 12. The van der Waals surface area contributed by atoms with Crippen molar-refractivity contribution >= 4 is 17.9 Å². The maximum absolute atomic E-state index is 13.0. The van der Waals surface area contributed by atoms with Gasteiger partial charge < -0.3 is 14.2 Å². The van der Waals surface area contributed by atoms with Crippen molar-refractivity contribution in [2.24, 2.45) is 0 Å². The molecule has 6 heteroatoms.